The standard InChI is InChI=1S/C22H19ClF4N6O2/c1-32-10-16(22(25,26)27)29-19(32)13-6-5-12(8-14(13)24)11-35-20-18-15(28-21(23)30-20)9-33(31-18)17-4-2-3-7-34-17/h5-6,8-10,17H,2-4,7,11H2,1H3. The van der Waals surface area contributed by atoms with Crippen molar-refractivity contribution in [2.75, 3.05) is 6.61 Å². The third kappa shape index (κ3) is 4.80. The number of fused-ring (bicyclic) bond motifs is 1. The second-order valence-electron chi connectivity index (χ2n) is 8.12. The number of rotatable bonds is 5. The fourth-order valence-electron chi connectivity index (χ4n) is 3.89. The molecular weight excluding hydrogens is 492 g/mol. The van der Waals surface area contributed by atoms with Gasteiger partial charge in [-0.25, -0.2) is 19.0 Å². The summed E-state index contributed by atoms with van der Waals surface area (Å²) in [6.45, 7) is 0.564. The first-order valence-corrected chi connectivity index (χ1v) is 11.1. The van der Waals surface area contributed by atoms with Crippen molar-refractivity contribution in [2.45, 2.75) is 38.3 Å². The Morgan fingerprint density at radius 2 is 2.00 bits per heavy atom. The van der Waals surface area contributed by atoms with Crippen molar-refractivity contribution in [2.24, 2.45) is 7.05 Å². The lowest BCUT2D eigenvalue weighted by Gasteiger charge is -2.22. The summed E-state index contributed by atoms with van der Waals surface area (Å²) < 4.78 is 68.0. The molecule has 0 amide bonds. The van der Waals surface area contributed by atoms with E-state index in [9.17, 15) is 17.6 Å². The third-order valence-electron chi connectivity index (χ3n) is 5.59. The number of imidazole rings is 1. The van der Waals surface area contributed by atoms with Gasteiger partial charge in [0.25, 0.3) is 0 Å². The van der Waals surface area contributed by atoms with Gasteiger partial charge in [-0.2, -0.15) is 23.3 Å². The van der Waals surface area contributed by atoms with Crippen LogP contribution in [0.3, 0.4) is 0 Å². The topological polar surface area (TPSA) is 79.9 Å². The largest absolute Gasteiger partial charge is 0.471 e. The third-order valence-corrected chi connectivity index (χ3v) is 5.76. The van der Waals surface area contributed by atoms with Gasteiger partial charge in [0, 0.05) is 19.9 Å². The normalized spacial score (nSPS) is 16.7. The molecule has 1 fully saturated rings. The summed E-state index contributed by atoms with van der Waals surface area (Å²) in [5.41, 5.74) is 0.128. The van der Waals surface area contributed by atoms with E-state index in [1.807, 2.05) is 0 Å². The van der Waals surface area contributed by atoms with E-state index in [1.165, 1.54) is 25.2 Å². The average molecular weight is 511 g/mol. The number of aryl methyl sites for hydroxylation is 1. The lowest BCUT2D eigenvalue weighted by atomic mass is 10.1. The summed E-state index contributed by atoms with van der Waals surface area (Å²) in [4.78, 5) is 11.8. The maximum absolute atomic E-state index is 14.8. The Labute approximate surface area is 201 Å². The van der Waals surface area contributed by atoms with Gasteiger partial charge in [0.15, 0.2) is 11.2 Å². The number of aromatic nitrogens is 6. The highest BCUT2D eigenvalue weighted by molar-refractivity contribution is 6.28. The molecule has 1 saturated heterocycles. The molecule has 3 aromatic heterocycles. The molecule has 1 aliphatic rings. The molecule has 4 heterocycles. The second-order valence-corrected chi connectivity index (χ2v) is 8.46. The van der Waals surface area contributed by atoms with E-state index in [-0.39, 0.29) is 35.4 Å². The van der Waals surface area contributed by atoms with Crippen LogP contribution in [0, 0.1) is 5.82 Å². The van der Waals surface area contributed by atoms with Crippen molar-refractivity contribution >= 4 is 22.6 Å². The molecule has 0 saturated carbocycles. The molecule has 35 heavy (non-hydrogen) atoms. The summed E-state index contributed by atoms with van der Waals surface area (Å²) >= 11 is 6.04. The molecule has 184 valence electrons. The summed E-state index contributed by atoms with van der Waals surface area (Å²) in [5.74, 6) is -0.752. The van der Waals surface area contributed by atoms with Crippen LogP contribution in [0.2, 0.25) is 5.28 Å². The molecule has 13 heteroatoms. The van der Waals surface area contributed by atoms with Gasteiger partial charge in [0.2, 0.25) is 11.2 Å². The second kappa shape index (κ2) is 9.08. The maximum Gasteiger partial charge on any atom is 0.434 e. The van der Waals surface area contributed by atoms with E-state index >= 15 is 0 Å². The van der Waals surface area contributed by atoms with Gasteiger partial charge in [-0.15, -0.1) is 0 Å². The van der Waals surface area contributed by atoms with Crippen molar-refractivity contribution < 1.29 is 27.0 Å². The molecule has 4 aromatic rings. The Bertz CT molecular complexity index is 1380. The minimum atomic E-state index is -4.62. The Morgan fingerprint density at radius 3 is 2.69 bits per heavy atom. The number of ether oxygens (including phenoxy) is 2. The molecule has 5 rings (SSSR count). The number of hydrogen-bond acceptors (Lipinski definition) is 6. The molecular formula is C22H19ClF4N6O2. The maximum atomic E-state index is 14.8. The van der Waals surface area contributed by atoms with Crippen LogP contribution in [-0.4, -0.2) is 35.9 Å². The summed E-state index contributed by atoms with van der Waals surface area (Å²) in [6.07, 6.45) is 0.521. The van der Waals surface area contributed by atoms with Crippen LogP contribution < -0.4 is 4.74 Å². The zero-order valence-electron chi connectivity index (χ0n) is 18.4. The van der Waals surface area contributed by atoms with Crippen LogP contribution in [0.15, 0.2) is 30.6 Å². The van der Waals surface area contributed by atoms with Crippen LogP contribution in [0.1, 0.15) is 36.7 Å². The Hall–Kier alpha value is -3.25. The zero-order chi connectivity index (χ0) is 24.7. The first kappa shape index (κ1) is 23.5. The summed E-state index contributed by atoms with van der Waals surface area (Å²) in [5, 5.41) is 4.47. The smallest absolute Gasteiger partial charge is 0.434 e. The van der Waals surface area contributed by atoms with Crippen LogP contribution in [0.4, 0.5) is 17.6 Å². The van der Waals surface area contributed by atoms with Gasteiger partial charge >= 0.3 is 6.18 Å². The van der Waals surface area contributed by atoms with Crippen molar-refractivity contribution in [3.05, 3.63) is 53.0 Å². The molecule has 1 aliphatic heterocycles. The van der Waals surface area contributed by atoms with Gasteiger partial charge < -0.3 is 14.0 Å². The number of alkyl halides is 3. The fourth-order valence-corrected chi connectivity index (χ4v) is 4.06. The monoisotopic (exact) mass is 510 g/mol. The highest BCUT2D eigenvalue weighted by Gasteiger charge is 2.34. The molecule has 0 spiro atoms. The highest BCUT2D eigenvalue weighted by atomic mass is 35.5. The lowest BCUT2D eigenvalue weighted by molar-refractivity contribution is -0.140. The quantitative estimate of drug-likeness (QED) is 0.267. The SMILES string of the molecule is Cn1cc(C(F)(F)F)nc1-c1ccc(COc2nc(Cl)nc3cn(C4CCCCO4)nc23)cc1F. The Balaban J connectivity index is 1.37. The van der Waals surface area contributed by atoms with Crippen molar-refractivity contribution in [3.63, 3.8) is 0 Å². The van der Waals surface area contributed by atoms with E-state index in [2.05, 4.69) is 20.1 Å². The summed E-state index contributed by atoms with van der Waals surface area (Å²) in [7, 11) is 1.37. The average Bonchev–Trinajstić information content (AvgIpc) is 3.42. The Morgan fingerprint density at radius 1 is 1.17 bits per heavy atom. The number of nitrogens with zero attached hydrogens (tertiary/aromatic N) is 6. The summed E-state index contributed by atoms with van der Waals surface area (Å²) in [6, 6.07) is 4.06. The molecule has 0 aliphatic carbocycles. The number of benzene rings is 1. The zero-order valence-corrected chi connectivity index (χ0v) is 19.1. The first-order chi connectivity index (χ1) is 16.7. The van der Waals surface area contributed by atoms with E-state index in [0.29, 0.717) is 23.2 Å². The highest BCUT2D eigenvalue weighted by Crippen LogP contribution is 2.32. The molecule has 1 unspecified atom stereocenters. The molecule has 0 bridgehead atoms. The van der Waals surface area contributed by atoms with Crippen LogP contribution in [-0.2, 0) is 24.6 Å². The van der Waals surface area contributed by atoms with E-state index in [0.717, 1.165) is 30.0 Å². The van der Waals surface area contributed by atoms with Gasteiger partial charge in [-0.3, -0.25) is 0 Å². The molecule has 1 atom stereocenters. The van der Waals surface area contributed by atoms with Crippen molar-refractivity contribution in [3.8, 4) is 17.3 Å². The van der Waals surface area contributed by atoms with E-state index in [4.69, 9.17) is 21.1 Å². The lowest BCUT2D eigenvalue weighted by Crippen LogP contribution is -2.18. The predicted molar refractivity (Wildman–Crippen MR) is 117 cm³/mol. The van der Waals surface area contributed by atoms with Gasteiger partial charge in [-0.05, 0) is 48.6 Å². The van der Waals surface area contributed by atoms with E-state index in [1.54, 1.807) is 10.9 Å². The van der Waals surface area contributed by atoms with Gasteiger partial charge in [0.05, 0.1) is 11.8 Å². The van der Waals surface area contributed by atoms with Gasteiger partial charge in [0.1, 0.15) is 30.0 Å². The van der Waals surface area contributed by atoms with Crippen molar-refractivity contribution in [1.29, 1.82) is 0 Å². The van der Waals surface area contributed by atoms with Crippen LogP contribution in [0.25, 0.3) is 22.4 Å². The van der Waals surface area contributed by atoms with Crippen LogP contribution in [0.5, 0.6) is 5.88 Å². The fraction of sp³-hybridized carbons (Fsp3) is 0.364. The molecule has 0 N–H and O–H groups in total. The first-order valence-electron chi connectivity index (χ1n) is 10.7. The molecule has 0 radical (unpaired) electrons. The number of hydrogen-bond donors (Lipinski definition) is 0. The van der Waals surface area contributed by atoms with Gasteiger partial charge in [-0.1, -0.05) is 6.07 Å². The number of halogens is 5. The molecule has 8 nitrogen and oxygen atoms in total. The van der Waals surface area contributed by atoms with Crippen LogP contribution >= 0.6 is 11.6 Å². The minimum Gasteiger partial charge on any atom is -0.471 e. The van der Waals surface area contributed by atoms with Crippen molar-refractivity contribution in [1.82, 2.24) is 29.3 Å². The molecule has 1 aromatic carbocycles. The Kier molecular flexibility index (Phi) is 6.09. The predicted octanol–water partition coefficient (Wildman–Crippen LogP) is 5.32. The minimum absolute atomic E-state index is 0.0339. The van der Waals surface area contributed by atoms with E-state index < -0.39 is 17.7 Å².